The zero-order valence-corrected chi connectivity index (χ0v) is 68.1. The van der Waals surface area contributed by atoms with Crippen LogP contribution in [-0.2, 0) is 65.4 Å². The summed E-state index contributed by atoms with van der Waals surface area (Å²) in [5.74, 6) is -2.12. The molecule has 0 saturated heterocycles. The molecule has 0 heterocycles. The van der Waals surface area contributed by atoms with Crippen LogP contribution in [0, 0.1) is 0 Å². The SMILES string of the molecule is CCCCCCCC/C=C\CCCCCCCC(=O)O[C@H](COC(=O)CCCCCCCCCCCCCCCCCCC)COP(=O)(O)OC[C@@H](O)COP(=O)(O)OC[C@@H](COC(=O)CCCCCCCCCCCCCCCCC)OC(=O)CCCCCCCCCCCCCCCCC. The number of aliphatic hydroxyl groups is 1. The van der Waals surface area contributed by atoms with Gasteiger partial charge in [0, 0.05) is 25.7 Å². The molecule has 0 aliphatic rings. The van der Waals surface area contributed by atoms with Crippen LogP contribution in [0.4, 0.5) is 0 Å². The molecule has 0 aromatic rings. The van der Waals surface area contributed by atoms with Crippen molar-refractivity contribution in [2.24, 2.45) is 0 Å². The summed E-state index contributed by atoms with van der Waals surface area (Å²) in [5, 5.41) is 10.7. The Morgan fingerprint density at radius 1 is 0.265 bits per heavy atom. The van der Waals surface area contributed by atoms with Crippen LogP contribution >= 0.6 is 15.6 Å². The van der Waals surface area contributed by atoms with E-state index >= 15 is 0 Å². The van der Waals surface area contributed by atoms with Crippen molar-refractivity contribution < 1.29 is 80.2 Å². The highest BCUT2D eigenvalue weighted by Crippen LogP contribution is 2.45. The van der Waals surface area contributed by atoms with E-state index in [-0.39, 0.29) is 25.7 Å². The van der Waals surface area contributed by atoms with Crippen molar-refractivity contribution in [2.45, 2.75) is 457 Å². The first kappa shape index (κ1) is 99.8. The average Bonchev–Trinajstić information content (AvgIpc) is 0.919. The Labute approximate surface area is 625 Å². The minimum absolute atomic E-state index is 0.0955. The first-order valence-electron chi connectivity index (χ1n) is 42.9. The Morgan fingerprint density at radius 3 is 0.676 bits per heavy atom. The van der Waals surface area contributed by atoms with Crippen LogP contribution in [0.2, 0.25) is 0 Å². The summed E-state index contributed by atoms with van der Waals surface area (Å²) in [4.78, 5) is 73.2. The fourth-order valence-corrected chi connectivity index (χ4v) is 14.3. The van der Waals surface area contributed by atoms with Crippen molar-refractivity contribution in [3.8, 4) is 0 Å². The molecule has 2 unspecified atom stereocenters. The van der Waals surface area contributed by atoms with Gasteiger partial charge in [-0.2, -0.15) is 0 Å². The molecule has 0 spiro atoms. The maximum Gasteiger partial charge on any atom is 0.472 e. The van der Waals surface area contributed by atoms with Gasteiger partial charge in [-0.05, 0) is 51.4 Å². The second-order valence-electron chi connectivity index (χ2n) is 29.5. The predicted octanol–water partition coefficient (Wildman–Crippen LogP) is 25.1. The fourth-order valence-electron chi connectivity index (χ4n) is 12.7. The highest BCUT2D eigenvalue weighted by molar-refractivity contribution is 7.47. The van der Waals surface area contributed by atoms with Crippen LogP contribution in [0.3, 0.4) is 0 Å². The molecule has 19 heteroatoms. The third-order valence-corrected chi connectivity index (χ3v) is 21.2. The van der Waals surface area contributed by atoms with Gasteiger partial charge in [0.15, 0.2) is 12.2 Å². The number of aliphatic hydroxyl groups excluding tert-OH is 1. The maximum absolute atomic E-state index is 13.1. The normalized spacial score (nSPS) is 13.8. The van der Waals surface area contributed by atoms with Gasteiger partial charge < -0.3 is 33.8 Å². The number of phosphoric ester groups is 2. The summed E-state index contributed by atoms with van der Waals surface area (Å²) in [6, 6.07) is 0. The van der Waals surface area contributed by atoms with Gasteiger partial charge in [-0.15, -0.1) is 0 Å². The summed E-state index contributed by atoms with van der Waals surface area (Å²) < 4.78 is 68.8. The molecule has 0 aromatic heterocycles. The number of unbranched alkanes of at least 4 members (excludes halogenated alkanes) is 55. The van der Waals surface area contributed by atoms with E-state index in [9.17, 15) is 43.2 Å². The molecule has 0 radical (unpaired) electrons. The fraction of sp³-hybridized carbons (Fsp3) is 0.928. The third kappa shape index (κ3) is 76.0. The lowest BCUT2D eigenvalue weighted by Crippen LogP contribution is -2.30. The number of esters is 4. The summed E-state index contributed by atoms with van der Waals surface area (Å²) in [5.41, 5.74) is 0. The van der Waals surface area contributed by atoms with Crippen LogP contribution in [0.25, 0.3) is 0 Å². The number of ether oxygens (including phenoxy) is 4. The molecule has 604 valence electrons. The van der Waals surface area contributed by atoms with E-state index in [0.717, 1.165) is 103 Å². The second-order valence-corrected chi connectivity index (χ2v) is 32.4. The number of carbonyl (C=O) groups excluding carboxylic acids is 4. The van der Waals surface area contributed by atoms with Crippen LogP contribution in [0.5, 0.6) is 0 Å². The lowest BCUT2D eigenvalue weighted by molar-refractivity contribution is -0.161. The number of phosphoric acid groups is 2. The van der Waals surface area contributed by atoms with Crippen molar-refractivity contribution in [2.75, 3.05) is 39.6 Å². The number of hydrogen-bond acceptors (Lipinski definition) is 15. The zero-order valence-electron chi connectivity index (χ0n) is 66.3. The van der Waals surface area contributed by atoms with Gasteiger partial charge in [0.05, 0.1) is 26.4 Å². The molecule has 17 nitrogen and oxygen atoms in total. The van der Waals surface area contributed by atoms with Crippen molar-refractivity contribution in [1.29, 1.82) is 0 Å². The molecule has 0 fully saturated rings. The van der Waals surface area contributed by atoms with Crippen molar-refractivity contribution in [3.05, 3.63) is 12.2 Å². The zero-order chi connectivity index (χ0) is 74.6. The molecule has 5 atom stereocenters. The third-order valence-electron chi connectivity index (χ3n) is 19.3. The molecule has 0 aliphatic heterocycles. The lowest BCUT2D eigenvalue weighted by Gasteiger charge is -2.21. The molecule has 0 aromatic carbocycles. The predicted molar refractivity (Wildman–Crippen MR) is 418 cm³/mol. The topological polar surface area (TPSA) is 237 Å². The summed E-state index contributed by atoms with van der Waals surface area (Å²) in [6.45, 7) is 5.02. The van der Waals surface area contributed by atoms with Crippen molar-refractivity contribution in [1.82, 2.24) is 0 Å². The highest BCUT2D eigenvalue weighted by Gasteiger charge is 2.30. The first-order chi connectivity index (χ1) is 49.7. The average molecular weight is 1490 g/mol. The molecule has 3 N–H and O–H groups in total. The minimum Gasteiger partial charge on any atom is -0.462 e. The smallest absolute Gasteiger partial charge is 0.462 e. The van der Waals surface area contributed by atoms with Gasteiger partial charge in [0.1, 0.15) is 19.3 Å². The van der Waals surface area contributed by atoms with Gasteiger partial charge in [-0.25, -0.2) is 9.13 Å². The van der Waals surface area contributed by atoms with E-state index < -0.39 is 97.5 Å². The first-order valence-corrected chi connectivity index (χ1v) is 45.9. The number of rotatable bonds is 83. The van der Waals surface area contributed by atoms with Crippen LogP contribution in [-0.4, -0.2) is 96.7 Å². The maximum atomic E-state index is 13.1. The van der Waals surface area contributed by atoms with Crippen molar-refractivity contribution >= 4 is 39.5 Å². The largest absolute Gasteiger partial charge is 0.472 e. The summed E-state index contributed by atoms with van der Waals surface area (Å²) >= 11 is 0. The van der Waals surface area contributed by atoms with Gasteiger partial charge in [-0.3, -0.25) is 37.3 Å². The highest BCUT2D eigenvalue weighted by atomic mass is 31.2. The monoisotopic (exact) mass is 1490 g/mol. The summed E-state index contributed by atoms with van der Waals surface area (Å²) in [6.07, 6.45) is 71.7. The van der Waals surface area contributed by atoms with Crippen LogP contribution in [0.1, 0.15) is 439 Å². The lowest BCUT2D eigenvalue weighted by atomic mass is 10.0. The molecule has 0 bridgehead atoms. The van der Waals surface area contributed by atoms with Crippen molar-refractivity contribution in [3.63, 3.8) is 0 Å². The Balaban J connectivity index is 5.28. The van der Waals surface area contributed by atoms with E-state index in [1.807, 2.05) is 0 Å². The van der Waals surface area contributed by atoms with Gasteiger partial charge in [0.25, 0.3) is 0 Å². The minimum atomic E-state index is -4.97. The number of allylic oxidation sites excluding steroid dienone is 2. The summed E-state index contributed by atoms with van der Waals surface area (Å²) in [7, 11) is -9.93. The number of hydrogen-bond donors (Lipinski definition) is 3. The van der Waals surface area contributed by atoms with E-state index in [1.54, 1.807) is 0 Å². The number of carbonyl (C=O) groups is 4. The second kappa shape index (κ2) is 77.0. The van der Waals surface area contributed by atoms with Gasteiger partial charge >= 0.3 is 39.5 Å². The van der Waals surface area contributed by atoms with E-state index in [1.165, 1.54) is 257 Å². The molecule has 0 rings (SSSR count). The molecule has 0 aliphatic carbocycles. The van der Waals surface area contributed by atoms with Gasteiger partial charge in [-0.1, -0.05) is 374 Å². The van der Waals surface area contributed by atoms with E-state index in [0.29, 0.717) is 25.7 Å². The van der Waals surface area contributed by atoms with Gasteiger partial charge in [0.2, 0.25) is 0 Å². The molecule has 102 heavy (non-hydrogen) atoms. The molecular formula is C83H160O17P2. The quantitative estimate of drug-likeness (QED) is 0.0169. The molecular weight excluding hydrogens is 1330 g/mol. The molecule has 0 saturated carbocycles. The standard InChI is InChI=1S/C83H160O17P2/c1-5-9-13-17-21-25-29-33-37-38-42-44-48-52-56-60-64-68-81(86)94-74-79(100-83(88)70-66-62-58-54-50-46-41-36-32-28-24-20-16-12-8-4)76-98-102(91,92)96-72-77(84)71-95-101(89,90)97-75-78(99-82(87)69-65-61-57-53-49-45-40-35-31-27-23-19-15-11-7-3)73-93-80(85)67-63-59-55-51-47-43-39-34-30-26-22-18-14-10-6-2/h36,41,77-79,84H,5-35,37-40,42-76H2,1-4H3,(H,89,90)(H,91,92)/b41-36-/t77-,78+,79+/m0/s1. The van der Waals surface area contributed by atoms with E-state index in [4.69, 9.17) is 37.0 Å². The molecule has 0 amide bonds. The van der Waals surface area contributed by atoms with Crippen LogP contribution < -0.4 is 0 Å². The Hall–Kier alpha value is -2.20. The van der Waals surface area contributed by atoms with E-state index in [2.05, 4.69) is 39.8 Å². The Morgan fingerprint density at radius 2 is 0.451 bits per heavy atom. The van der Waals surface area contributed by atoms with Crippen LogP contribution in [0.15, 0.2) is 12.2 Å². The Kier molecular flexibility index (Phi) is 75.3. The Bertz CT molecular complexity index is 1980.